The number of rotatable bonds is 5. The van der Waals surface area contributed by atoms with E-state index in [1.807, 2.05) is 0 Å². The quantitative estimate of drug-likeness (QED) is 0.498. The van der Waals surface area contributed by atoms with Gasteiger partial charge >= 0.3 is 5.95 Å². The number of hydrogen-bond donors (Lipinski definition) is 1. The van der Waals surface area contributed by atoms with Crippen LogP contribution in [-0.4, -0.2) is 31.4 Å². The Balaban J connectivity index is 2.05. The summed E-state index contributed by atoms with van der Waals surface area (Å²) >= 11 is 0. The number of amides is 1. The van der Waals surface area contributed by atoms with Crippen LogP contribution in [0.3, 0.4) is 0 Å². The average molecular weight is 289 g/mol. The molecule has 1 aromatic carbocycles. The first-order chi connectivity index (χ1) is 9.95. The van der Waals surface area contributed by atoms with Gasteiger partial charge in [-0.25, -0.2) is 0 Å². The molecule has 2 aromatic rings. The summed E-state index contributed by atoms with van der Waals surface area (Å²) in [6, 6.07) is 6.30. The molecule has 0 aliphatic rings. The molecule has 2 rings (SSSR count). The molecule has 1 heterocycles. The minimum Gasteiger partial charge on any atom is -0.390 e. The molecule has 0 atom stereocenters. The van der Waals surface area contributed by atoms with Gasteiger partial charge in [0.2, 0.25) is 12.2 Å². The van der Waals surface area contributed by atoms with E-state index in [-0.39, 0.29) is 18.2 Å². The van der Waals surface area contributed by atoms with Gasteiger partial charge in [0.25, 0.3) is 0 Å². The van der Waals surface area contributed by atoms with Gasteiger partial charge in [-0.05, 0) is 29.2 Å². The summed E-state index contributed by atoms with van der Waals surface area (Å²) < 4.78 is 1.10. The van der Waals surface area contributed by atoms with Crippen LogP contribution in [0, 0.1) is 10.1 Å². The lowest BCUT2D eigenvalue weighted by molar-refractivity contribution is -0.394. The molecule has 0 bridgehead atoms. The smallest absolute Gasteiger partial charge is 0.390 e. The van der Waals surface area contributed by atoms with E-state index < -0.39 is 10.9 Å². The molecule has 1 N–H and O–H groups in total. The maximum atomic E-state index is 12.0. The Hall–Kier alpha value is -3.10. The van der Waals surface area contributed by atoms with Gasteiger partial charge in [-0.3, -0.25) is 9.59 Å². The number of anilines is 1. The highest BCUT2D eigenvalue weighted by molar-refractivity contribution is 5.96. The first-order valence-electron chi connectivity index (χ1n) is 5.90. The molecule has 108 valence electrons. The lowest BCUT2D eigenvalue weighted by Gasteiger charge is -2.03. The van der Waals surface area contributed by atoms with E-state index in [0.29, 0.717) is 11.3 Å². The summed E-state index contributed by atoms with van der Waals surface area (Å²) in [7, 11) is 0. The molecule has 0 fully saturated rings. The number of benzene rings is 1. The van der Waals surface area contributed by atoms with E-state index in [1.54, 1.807) is 24.3 Å². The van der Waals surface area contributed by atoms with Crippen molar-refractivity contribution in [2.75, 3.05) is 5.32 Å². The molecule has 1 amide bonds. The van der Waals surface area contributed by atoms with Gasteiger partial charge in [0.15, 0.2) is 5.78 Å². The standard InChI is InChI=1S/C12H11N5O4/c1-8(18)14-10-4-2-9(3-5-10)11(19)6-16-7-13-12(15-16)17(20)21/h2-5,7H,6H2,1H3,(H,14,18). The zero-order valence-electron chi connectivity index (χ0n) is 11.0. The maximum Gasteiger partial charge on any atom is 0.490 e. The van der Waals surface area contributed by atoms with Gasteiger partial charge in [-0.2, -0.15) is 4.68 Å². The number of nitro groups is 1. The van der Waals surface area contributed by atoms with Crippen molar-refractivity contribution in [2.45, 2.75) is 13.5 Å². The fraction of sp³-hybridized carbons (Fsp3) is 0.167. The molecular weight excluding hydrogens is 278 g/mol. The Morgan fingerprint density at radius 1 is 1.33 bits per heavy atom. The third kappa shape index (κ3) is 3.69. The molecule has 21 heavy (non-hydrogen) atoms. The number of carbonyl (C=O) groups excluding carboxylic acids is 2. The molecule has 0 unspecified atom stereocenters. The van der Waals surface area contributed by atoms with Crippen molar-refractivity contribution in [1.29, 1.82) is 0 Å². The summed E-state index contributed by atoms with van der Waals surface area (Å²) in [6.45, 7) is 1.23. The molecule has 0 spiro atoms. The van der Waals surface area contributed by atoms with Crippen molar-refractivity contribution in [3.8, 4) is 0 Å². The van der Waals surface area contributed by atoms with E-state index in [9.17, 15) is 19.7 Å². The van der Waals surface area contributed by atoms with Gasteiger partial charge in [0, 0.05) is 23.3 Å². The molecule has 9 nitrogen and oxygen atoms in total. The zero-order valence-corrected chi connectivity index (χ0v) is 11.0. The van der Waals surface area contributed by atoms with E-state index in [2.05, 4.69) is 15.4 Å². The van der Waals surface area contributed by atoms with Crippen molar-refractivity contribution >= 4 is 23.3 Å². The second-order valence-electron chi connectivity index (χ2n) is 4.18. The summed E-state index contributed by atoms with van der Waals surface area (Å²) in [6.07, 6.45) is 1.13. The van der Waals surface area contributed by atoms with Crippen LogP contribution in [0.1, 0.15) is 17.3 Å². The van der Waals surface area contributed by atoms with Crippen LogP contribution >= 0.6 is 0 Å². The Labute approximate surface area is 118 Å². The summed E-state index contributed by atoms with van der Waals surface area (Å²) in [4.78, 5) is 36.0. The maximum absolute atomic E-state index is 12.0. The second-order valence-corrected chi connectivity index (χ2v) is 4.18. The largest absolute Gasteiger partial charge is 0.490 e. The Kier molecular flexibility index (Phi) is 4.02. The fourth-order valence-corrected chi connectivity index (χ4v) is 1.63. The Morgan fingerprint density at radius 3 is 2.52 bits per heavy atom. The molecule has 0 aliphatic heterocycles. The van der Waals surface area contributed by atoms with Crippen molar-refractivity contribution < 1.29 is 14.5 Å². The first-order valence-corrected chi connectivity index (χ1v) is 5.90. The highest BCUT2D eigenvalue weighted by Gasteiger charge is 2.16. The van der Waals surface area contributed by atoms with E-state index >= 15 is 0 Å². The fourth-order valence-electron chi connectivity index (χ4n) is 1.63. The Morgan fingerprint density at radius 2 is 2.00 bits per heavy atom. The molecule has 0 radical (unpaired) electrons. The Bertz CT molecular complexity index is 692. The normalized spacial score (nSPS) is 10.1. The van der Waals surface area contributed by atoms with Crippen LogP contribution in [0.2, 0.25) is 0 Å². The third-order valence-electron chi connectivity index (χ3n) is 2.52. The van der Waals surface area contributed by atoms with Crippen molar-refractivity contribution in [3.05, 3.63) is 46.3 Å². The zero-order chi connectivity index (χ0) is 15.4. The molecule has 9 heteroatoms. The van der Waals surface area contributed by atoms with Crippen molar-refractivity contribution in [2.24, 2.45) is 0 Å². The highest BCUT2D eigenvalue weighted by Crippen LogP contribution is 2.11. The van der Waals surface area contributed by atoms with Crippen LogP contribution in [0.25, 0.3) is 0 Å². The van der Waals surface area contributed by atoms with Crippen LogP contribution in [0.5, 0.6) is 0 Å². The summed E-state index contributed by atoms with van der Waals surface area (Å²) in [5.41, 5.74) is 0.984. The number of aromatic nitrogens is 3. The predicted octanol–water partition coefficient (Wildman–Crippen LogP) is 1.03. The van der Waals surface area contributed by atoms with Gasteiger partial charge in [-0.15, -0.1) is 0 Å². The van der Waals surface area contributed by atoms with Crippen molar-refractivity contribution in [1.82, 2.24) is 14.8 Å². The van der Waals surface area contributed by atoms with Crippen LogP contribution < -0.4 is 5.32 Å². The number of nitrogens with zero attached hydrogens (tertiary/aromatic N) is 4. The van der Waals surface area contributed by atoms with Gasteiger partial charge in [0.1, 0.15) is 6.54 Å². The SMILES string of the molecule is CC(=O)Nc1ccc(C(=O)Cn2cnc([N+](=O)[O-])n2)cc1. The minimum atomic E-state index is -0.733. The molecule has 0 saturated carbocycles. The second kappa shape index (κ2) is 5.90. The highest BCUT2D eigenvalue weighted by atomic mass is 16.6. The first kappa shape index (κ1) is 14.3. The van der Waals surface area contributed by atoms with Gasteiger partial charge in [0.05, 0.1) is 0 Å². The topological polar surface area (TPSA) is 120 Å². The van der Waals surface area contributed by atoms with Crippen LogP contribution in [0.4, 0.5) is 11.6 Å². The number of carbonyl (C=O) groups is 2. The summed E-state index contributed by atoms with van der Waals surface area (Å²) in [5.74, 6) is -1.03. The van der Waals surface area contributed by atoms with E-state index in [1.165, 1.54) is 6.92 Å². The molecular formula is C12H11N5O4. The van der Waals surface area contributed by atoms with Gasteiger partial charge in [-0.1, -0.05) is 4.98 Å². The average Bonchev–Trinajstić information content (AvgIpc) is 2.87. The predicted molar refractivity (Wildman–Crippen MR) is 71.8 cm³/mol. The number of hydrogen-bond acceptors (Lipinski definition) is 6. The van der Waals surface area contributed by atoms with Gasteiger partial charge < -0.3 is 15.4 Å². The van der Waals surface area contributed by atoms with Crippen molar-refractivity contribution in [3.63, 3.8) is 0 Å². The number of nitrogens with one attached hydrogen (secondary N) is 1. The summed E-state index contributed by atoms with van der Waals surface area (Å²) in [5, 5.41) is 16.6. The van der Waals surface area contributed by atoms with E-state index in [0.717, 1.165) is 11.0 Å². The molecule has 1 aromatic heterocycles. The van der Waals surface area contributed by atoms with E-state index in [4.69, 9.17) is 0 Å². The lowest BCUT2D eigenvalue weighted by Crippen LogP contribution is -2.11. The molecule has 0 saturated heterocycles. The monoisotopic (exact) mass is 289 g/mol. The number of ketones is 1. The lowest BCUT2D eigenvalue weighted by atomic mass is 10.1. The van der Waals surface area contributed by atoms with Crippen LogP contribution in [0.15, 0.2) is 30.6 Å². The third-order valence-corrected chi connectivity index (χ3v) is 2.52. The minimum absolute atomic E-state index is 0.152. The van der Waals surface area contributed by atoms with Crippen LogP contribution in [-0.2, 0) is 11.3 Å². The number of Topliss-reactive ketones (excluding diaryl/α,β-unsaturated/α-hetero) is 1. The molecule has 0 aliphatic carbocycles.